The van der Waals surface area contributed by atoms with E-state index in [4.69, 9.17) is 4.74 Å². The maximum absolute atomic E-state index is 5.09. The molecule has 2 rings (SSSR count). The molecule has 0 spiro atoms. The number of aryl methyl sites for hydroxylation is 1. The Labute approximate surface area is 86.3 Å². The molecule has 0 radical (unpaired) electrons. The van der Waals surface area contributed by atoms with E-state index in [2.05, 4.69) is 11.1 Å². The van der Waals surface area contributed by atoms with Crippen LogP contribution >= 0.6 is 0 Å². The fourth-order valence-electron chi connectivity index (χ4n) is 1.44. The highest BCUT2D eigenvalue weighted by atomic mass is 16.5. The van der Waals surface area contributed by atoms with Crippen molar-refractivity contribution in [3.8, 4) is 5.88 Å². The number of hydrogen-bond donors (Lipinski definition) is 0. The van der Waals surface area contributed by atoms with Gasteiger partial charge in [0.1, 0.15) is 0 Å². The van der Waals surface area contributed by atoms with Gasteiger partial charge in [0.05, 0.1) is 7.11 Å². The number of hydrogen-bond acceptors (Lipinski definition) is 2. The lowest BCUT2D eigenvalue weighted by Crippen LogP contribution is -1.92. The van der Waals surface area contributed by atoms with E-state index in [9.17, 15) is 0 Å². The molecule has 1 aromatic rings. The molecule has 0 amide bonds. The highest BCUT2D eigenvalue weighted by Gasteiger charge is 2.24. The molecule has 14 heavy (non-hydrogen) atoms. The average Bonchev–Trinajstić information content (AvgIpc) is 3.04. The molecule has 2 nitrogen and oxygen atoms in total. The number of nitrogens with zero attached hydrogens (tertiary/aromatic N) is 1. The fourth-order valence-corrected chi connectivity index (χ4v) is 1.44. The van der Waals surface area contributed by atoms with Crippen LogP contribution in [0.3, 0.4) is 0 Å². The maximum Gasteiger partial charge on any atom is 0.215 e. The van der Waals surface area contributed by atoms with Crippen molar-refractivity contribution >= 4 is 0 Å². The zero-order valence-electron chi connectivity index (χ0n) is 9.50. The van der Waals surface area contributed by atoms with Crippen LogP contribution in [0, 0.1) is 6.92 Å². The van der Waals surface area contributed by atoms with Gasteiger partial charge in [-0.05, 0) is 37.3 Å². The summed E-state index contributed by atoms with van der Waals surface area (Å²) in [6.45, 7) is 6.04. The van der Waals surface area contributed by atoms with Crippen LogP contribution in [0.15, 0.2) is 12.3 Å². The highest BCUT2D eigenvalue weighted by Crippen LogP contribution is 2.40. The average molecular weight is 193 g/mol. The Bertz CT molecular complexity index is 292. The van der Waals surface area contributed by atoms with Crippen molar-refractivity contribution in [2.45, 2.75) is 39.5 Å². The number of rotatable bonds is 2. The standard InChI is InChI=1S/C10H13NO.C2H6/c1-7-5-9(8-3-4-8)6-11-10(7)12-2;1-2/h5-6,8H,3-4H2,1-2H3;1-2H3. The van der Waals surface area contributed by atoms with Crippen molar-refractivity contribution in [3.05, 3.63) is 23.4 Å². The summed E-state index contributed by atoms with van der Waals surface area (Å²) in [5.74, 6) is 1.53. The molecule has 0 bridgehead atoms. The van der Waals surface area contributed by atoms with Gasteiger partial charge in [-0.1, -0.05) is 13.8 Å². The Kier molecular flexibility index (Phi) is 3.93. The van der Waals surface area contributed by atoms with Crippen LogP contribution in [0.25, 0.3) is 0 Å². The summed E-state index contributed by atoms with van der Waals surface area (Å²) in [5.41, 5.74) is 2.51. The van der Waals surface area contributed by atoms with Gasteiger partial charge in [0, 0.05) is 11.8 Å². The highest BCUT2D eigenvalue weighted by molar-refractivity contribution is 5.32. The van der Waals surface area contributed by atoms with Gasteiger partial charge in [0.25, 0.3) is 0 Å². The molecule has 0 aliphatic heterocycles. The Balaban J connectivity index is 0.000000461. The molecular formula is C12H19NO. The number of ether oxygens (including phenoxy) is 1. The molecular weight excluding hydrogens is 174 g/mol. The normalized spacial score (nSPS) is 14.3. The van der Waals surface area contributed by atoms with E-state index < -0.39 is 0 Å². The summed E-state index contributed by atoms with van der Waals surface area (Å²) >= 11 is 0. The van der Waals surface area contributed by atoms with Crippen molar-refractivity contribution in [2.24, 2.45) is 0 Å². The zero-order chi connectivity index (χ0) is 10.6. The molecule has 0 atom stereocenters. The van der Waals surface area contributed by atoms with Gasteiger partial charge in [-0.2, -0.15) is 0 Å². The van der Waals surface area contributed by atoms with Crippen molar-refractivity contribution in [1.29, 1.82) is 0 Å². The monoisotopic (exact) mass is 193 g/mol. The lowest BCUT2D eigenvalue weighted by molar-refractivity contribution is 0.394. The van der Waals surface area contributed by atoms with Gasteiger partial charge in [0.15, 0.2) is 0 Å². The fraction of sp³-hybridized carbons (Fsp3) is 0.583. The van der Waals surface area contributed by atoms with Gasteiger partial charge in [-0.25, -0.2) is 4.98 Å². The van der Waals surface area contributed by atoms with E-state index >= 15 is 0 Å². The molecule has 0 N–H and O–H groups in total. The molecule has 1 heterocycles. The van der Waals surface area contributed by atoms with E-state index in [0.717, 1.165) is 17.4 Å². The lowest BCUT2D eigenvalue weighted by atomic mass is 10.1. The van der Waals surface area contributed by atoms with Crippen molar-refractivity contribution in [1.82, 2.24) is 4.98 Å². The third-order valence-corrected chi connectivity index (χ3v) is 2.29. The molecule has 0 saturated heterocycles. The van der Waals surface area contributed by atoms with Crippen molar-refractivity contribution in [3.63, 3.8) is 0 Å². The molecule has 78 valence electrons. The van der Waals surface area contributed by atoms with E-state index in [-0.39, 0.29) is 0 Å². The predicted molar refractivity (Wildman–Crippen MR) is 58.8 cm³/mol. The van der Waals surface area contributed by atoms with E-state index in [1.165, 1.54) is 18.4 Å². The van der Waals surface area contributed by atoms with Crippen molar-refractivity contribution in [2.75, 3.05) is 7.11 Å². The van der Waals surface area contributed by atoms with Gasteiger partial charge in [-0.3, -0.25) is 0 Å². The van der Waals surface area contributed by atoms with Crippen LogP contribution in [0.2, 0.25) is 0 Å². The van der Waals surface area contributed by atoms with E-state index in [1.54, 1.807) is 7.11 Å². The minimum Gasteiger partial charge on any atom is -0.481 e. The first-order valence-corrected chi connectivity index (χ1v) is 5.32. The molecule has 1 aromatic heterocycles. The number of aromatic nitrogens is 1. The molecule has 2 heteroatoms. The summed E-state index contributed by atoms with van der Waals surface area (Å²) in [5, 5.41) is 0. The Morgan fingerprint density at radius 1 is 1.36 bits per heavy atom. The summed E-state index contributed by atoms with van der Waals surface area (Å²) in [6.07, 6.45) is 4.59. The van der Waals surface area contributed by atoms with Crippen LogP contribution in [0.1, 0.15) is 43.7 Å². The van der Waals surface area contributed by atoms with E-state index in [1.807, 2.05) is 27.0 Å². The number of methoxy groups -OCH3 is 1. The molecule has 1 fully saturated rings. The van der Waals surface area contributed by atoms with Crippen LogP contribution in [-0.4, -0.2) is 12.1 Å². The second kappa shape index (κ2) is 4.99. The molecule has 1 aliphatic carbocycles. The summed E-state index contributed by atoms with van der Waals surface area (Å²) in [6, 6.07) is 2.18. The van der Waals surface area contributed by atoms with Crippen LogP contribution in [-0.2, 0) is 0 Å². The first-order chi connectivity index (χ1) is 6.81. The SMILES string of the molecule is CC.COc1ncc(C2CC2)cc1C. The molecule has 1 saturated carbocycles. The first-order valence-electron chi connectivity index (χ1n) is 5.32. The summed E-state index contributed by atoms with van der Waals surface area (Å²) < 4.78 is 5.09. The zero-order valence-corrected chi connectivity index (χ0v) is 9.50. The van der Waals surface area contributed by atoms with Crippen LogP contribution in [0.4, 0.5) is 0 Å². The van der Waals surface area contributed by atoms with Crippen LogP contribution in [0.5, 0.6) is 5.88 Å². The quantitative estimate of drug-likeness (QED) is 0.719. The molecule has 1 aliphatic rings. The third kappa shape index (κ3) is 2.47. The smallest absolute Gasteiger partial charge is 0.215 e. The van der Waals surface area contributed by atoms with Crippen molar-refractivity contribution < 1.29 is 4.74 Å². The Hall–Kier alpha value is -1.05. The Morgan fingerprint density at radius 3 is 2.43 bits per heavy atom. The topological polar surface area (TPSA) is 22.1 Å². The summed E-state index contributed by atoms with van der Waals surface area (Å²) in [7, 11) is 1.66. The second-order valence-corrected chi connectivity index (χ2v) is 3.37. The largest absolute Gasteiger partial charge is 0.481 e. The lowest BCUT2D eigenvalue weighted by Gasteiger charge is -2.04. The van der Waals surface area contributed by atoms with Crippen LogP contribution < -0.4 is 4.74 Å². The third-order valence-electron chi connectivity index (χ3n) is 2.29. The minimum atomic E-state index is 0.749. The van der Waals surface area contributed by atoms with Gasteiger partial charge in [0.2, 0.25) is 5.88 Å². The second-order valence-electron chi connectivity index (χ2n) is 3.37. The first kappa shape index (κ1) is 11.0. The van der Waals surface area contributed by atoms with Gasteiger partial charge >= 0.3 is 0 Å². The Morgan fingerprint density at radius 2 is 2.00 bits per heavy atom. The predicted octanol–water partition coefficient (Wildman–Crippen LogP) is 3.30. The summed E-state index contributed by atoms with van der Waals surface area (Å²) in [4.78, 5) is 4.24. The molecule has 0 aromatic carbocycles. The van der Waals surface area contributed by atoms with Gasteiger partial charge in [-0.15, -0.1) is 0 Å². The molecule has 0 unspecified atom stereocenters. The van der Waals surface area contributed by atoms with E-state index in [0.29, 0.717) is 0 Å². The van der Waals surface area contributed by atoms with Gasteiger partial charge < -0.3 is 4.74 Å². The maximum atomic E-state index is 5.09. The number of pyridine rings is 1. The minimum absolute atomic E-state index is 0.749.